The van der Waals surface area contributed by atoms with Gasteiger partial charge in [-0.1, -0.05) is 12.1 Å². The van der Waals surface area contributed by atoms with E-state index in [2.05, 4.69) is 4.99 Å². The van der Waals surface area contributed by atoms with Gasteiger partial charge in [0.25, 0.3) is 0 Å². The number of aliphatic imine (C=N–C) groups is 1. The van der Waals surface area contributed by atoms with Crippen molar-refractivity contribution in [2.75, 3.05) is 24.0 Å². The van der Waals surface area contributed by atoms with Crippen molar-refractivity contribution >= 4 is 11.5 Å². The summed E-state index contributed by atoms with van der Waals surface area (Å²) in [4.78, 5) is 3.99. The number of nitrogen functional groups attached to an aromatic ring is 1. The van der Waals surface area contributed by atoms with Crippen molar-refractivity contribution in [2.45, 2.75) is 6.18 Å². The Hall–Kier alpha value is -2.64. The van der Waals surface area contributed by atoms with Gasteiger partial charge in [-0.15, -0.1) is 0 Å². The SMILES string of the molecule is NC1=NCN(CC(F)(F)F)n2ccc(-c3ccc(N)cc3)c21. The van der Waals surface area contributed by atoms with E-state index >= 15 is 0 Å². The molecule has 0 radical (unpaired) electrons. The molecule has 0 saturated heterocycles. The Balaban J connectivity index is 2.03. The number of hydrogen-bond donors (Lipinski definition) is 2. The molecule has 1 aliphatic heterocycles. The molecule has 0 aliphatic carbocycles. The lowest BCUT2D eigenvalue weighted by Crippen LogP contribution is -2.47. The average Bonchev–Trinajstić information content (AvgIpc) is 2.87. The van der Waals surface area contributed by atoms with Crippen LogP contribution in [0.5, 0.6) is 0 Å². The Labute approximate surface area is 124 Å². The molecule has 0 unspecified atom stereocenters. The second-order valence-corrected chi connectivity index (χ2v) is 5.01. The predicted octanol–water partition coefficient (Wildman–Crippen LogP) is 1.91. The van der Waals surface area contributed by atoms with Crippen molar-refractivity contribution in [3.05, 3.63) is 42.2 Å². The monoisotopic (exact) mass is 309 g/mol. The van der Waals surface area contributed by atoms with Crippen molar-refractivity contribution in [3.8, 4) is 11.1 Å². The van der Waals surface area contributed by atoms with Gasteiger partial charge in [0.15, 0.2) is 0 Å². The molecule has 1 aliphatic rings. The highest BCUT2D eigenvalue weighted by Crippen LogP contribution is 2.28. The van der Waals surface area contributed by atoms with E-state index in [-0.39, 0.29) is 12.5 Å². The number of amidine groups is 1. The van der Waals surface area contributed by atoms with Gasteiger partial charge in [0.1, 0.15) is 24.7 Å². The normalized spacial score (nSPS) is 14.7. The standard InChI is InChI=1S/C14H14F3N5/c15-14(16,17)7-21-8-20-13(19)12-11(5-6-22(12)21)9-1-3-10(18)4-2-9/h1-6H,7-8,18H2,(H2,19,20). The highest BCUT2D eigenvalue weighted by Gasteiger charge is 2.33. The minimum absolute atomic E-state index is 0.131. The second kappa shape index (κ2) is 4.97. The quantitative estimate of drug-likeness (QED) is 0.832. The third kappa shape index (κ3) is 2.59. The van der Waals surface area contributed by atoms with Gasteiger partial charge >= 0.3 is 6.18 Å². The molecule has 0 bridgehead atoms. The number of nitrogens with zero attached hydrogens (tertiary/aromatic N) is 3. The summed E-state index contributed by atoms with van der Waals surface area (Å²) in [6.45, 7) is -1.22. The van der Waals surface area contributed by atoms with Crippen LogP contribution in [-0.2, 0) is 0 Å². The topological polar surface area (TPSA) is 72.6 Å². The van der Waals surface area contributed by atoms with E-state index in [0.717, 1.165) is 10.6 Å². The van der Waals surface area contributed by atoms with Crippen LogP contribution in [0.1, 0.15) is 5.69 Å². The summed E-state index contributed by atoms with van der Waals surface area (Å²) in [6, 6.07) is 8.76. The molecule has 0 atom stereocenters. The van der Waals surface area contributed by atoms with Crippen LogP contribution < -0.4 is 16.5 Å². The number of alkyl halides is 3. The van der Waals surface area contributed by atoms with Gasteiger partial charge in [0.2, 0.25) is 0 Å². The minimum atomic E-state index is -4.31. The van der Waals surface area contributed by atoms with Gasteiger partial charge in [0.05, 0.1) is 0 Å². The number of halogens is 3. The molecule has 0 saturated carbocycles. The minimum Gasteiger partial charge on any atom is -0.399 e. The summed E-state index contributed by atoms with van der Waals surface area (Å²) < 4.78 is 39.4. The summed E-state index contributed by atoms with van der Waals surface area (Å²) in [5.41, 5.74) is 14.1. The van der Waals surface area contributed by atoms with Crippen molar-refractivity contribution in [3.63, 3.8) is 0 Å². The number of nitrogens with two attached hydrogens (primary N) is 2. The van der Waals surface area contributed by atoms with E-state index in [1.54, 1.807) is 36.5 Å². The van der Waals surface area contributed by atoms with Gasteiger partial charge in [-0.25, -0.2) is 4.99 Å². The molecule has 4 N–H and O–H groups in total. The molecule has 0 amide bonds. The van der Waals surface area contributed by atoms with Gasteiger partial charge in [-0.2, -0.15) is 13.2 Å². The zero-order valence-electron chi connectivity index (χ0n) is 11.5. The largest absolute Gasteiger partial charge is 0.407 e. The summed E-state index contributed by atoms with van der Waals surface area (Å²) in [7, 11) is 0. The molecular formula is C14H14F3N5. The van der Waals surface area contributed by atoms with E-state index in [0.29, 0.717) is 16.9 Å². The molecule has 1 aromatic heterocycles. The third-order valence-electron chi connectivity index (χ3n) is 3.40. The molecule has 8 heteroatoms. The van der Waals surface area contributed by atoms with Crippen molar-refractivity contribution in [1.82, 2.24) is 4.68 Å². The number of aromatic nitrogens is 1. The van der Waals surface area contributed by atoms with E-state index in [1.165, 1.54) is 4.68 Å². The maximum atomic E-state index is 12.7. The Morgan fingerprint density at radius 1 is 1.09 bits per heavy atom. The van der Waals surface area contributed by atoms with Crippen LogP contribution in [0.4, 0.5) is 18.9 Å². The maximum absolute atomic E-state index is 12.7. The molecule has 3 rings (SSSR count). The first-order chi connectivity index (χ1) is 10.3. The fourth-order valence-electron chi connectivity index (χ4n) is 2.44. The fraction of sp³-hybridized carbons (Fsp3) is 0.214. The Morgan fingerprint density at radius 2 is 1.77 bits per heavy atom. The number of anilines is 1. The molecule has 0 spiro atoms. The lowest BCUT2D eigenvalue weighted by molar-refractivity contribution is -0.122. The first kappa shape index (κ1) is 14.3. The smallest absolute Gasteiger partial charge is 0.399 e. The molecule has 116 valence electrons. The summed E-state index contributed by atoms with van der Waals surface area (Å²) in [6.07, 6.45) is -2.75. The first-order valence-corrected chi connectivity index (χ1v) is 6.55. The van der Waals surface area contributed by atoms with Crippen molar-refractivity contribution in [2.24, 2.45) is 10.7 Å². The molecule has 2 aromatic rings. The van der Waals surface area contributed by atoms with E-state index in [4.69, 9.17) is 11.5 Å². The molecule has 22 heavy (non-hydrogen) atoms. The van der Waals surface area contributed by atoms with Crippen LogP contribution in [0.25, 0.3) is 11.1 Å². The van der Waals surface area contributed by atoms with Crippen molar-refractivity contribution in [1.29, 1.82) is 0 Å². The zero-order chi connectivity index (χ0) is 15.9. The van der Waals surface area contributed by atoms with E-state index in [1.807, 2.05) is 0 Å². The number of rotatable bonds is 2. The zero-order valence-corrected chi connectivity index (χ0v) is 11.5. The van der Waals surface area contributed by atoms with Crippen LogP contribution >= 0.6 is 0 Å². The molecular weight excluding hydrogens is 295 g/mol. The van der Waals surface area contributed by atoms with Crippen LogP contribution in [0.2, 0.25) is 0 Å². The van der Waals surface area contributed by atoms with Gasteiger partial charge in [0, 0.05) is 17.4 Å². The lowest BCUT2D eigenvalue weighted by Gasteiger charge is -2.30. The number of benzene rings is 1. The van der Waals surface area contributed by atoms with Crippen LogP contribution in [0.15, 0.2) is 41.5 Å². The summed E-state index contributed by atoms with van der Waals surface area (Å²) >= 11 is 0. The van der Waals surface area contributed by atoms with Gasteiger partial charge in [-0.3, -0.25) is 9.69 Å². The second-order valence-electron chi connectivity index (χ2n) is 5.01. The number of hydrogen-bond acceptors (Lipinski definition) is 4. The Kier molecular flexibility index (Phi) is 3.23. The van der Waals surface area contributed by atoms with Crippen LogP contribution in [-0.4, -0.2) is 29.9 Å². The third-order valence-corrected chi connectivity index (χ3v) is 3.40. The van der Waals surface area contributed by atoms with E-state index < -0.39 is 12.7 Å². The Bertz CT molecular complexity index is 715. The van der Waals surface area contributed by atoms with Crippen LogP contribution in [0.3, 0.4) is 0 Å². The van der Waals surface area contributed by atoms with Crippen molar-refractivity contribution < 1.29 is 13.2 Å². The highest BCUT2D eigenvalue weighted by atomic mass is 19.4. The molecule has 1 aromatic carbocycles. The highest BCUT2D eigenvalue weighted by molar-refractivity contribution is 6.03. The fourth-order valence-corrected chi connectivity index (χ4v) is 2.44. The molecule has 0 fully saturated rings. The van der Waals surface area contributed by atoms with E-state index in [9.17, 15) is 13.2 Å². The average molecular weight is 309 g/mol. The molecule has 5 nitrogen and oxygen atoms in total. The lowest BCUT2D eigenvalue weighted by atomic mass is 10.1. The van der Waals surface area contributed by atoms with Gasteiger partial charge in [-0.05, 0) is 23.8 Å². The maximum Gasteiger partial charge on any atom is 0.407 e. The molecule has 2 heterocycles. The first-order valence-electron chi connectivity index (χ1n) is 6.55. The van der Waals surface area contributed by atoms with Gasteiger partial charge < -0.3 is 11.5 Å². The predicted molar refractivity (Wildman–Crippen MR) is 79.0 cm³/mol. The summed E-state index contributed by atoms with van der Waals surface area (Å²) in [5, 5.41) is 1.09. The Morgan fingerprint density at radius 3 is 2.41 bits per heavy atom. The van der Waals surface area contributed by atoms with Crippen LogP contribution in [0, 0.1) is 0 Å². The summed E-state index contributed by atoms with van der Waals surface area (Å²) in [5.74, 6) is 0.218. The number of fused-ring (bicyclic) bond motifs is 1.